The fourth-order valence-corrected chi connectivity index (χ4v) is 4.10. The Hall–Kier alpha value is -0.940. The maximum absolute atomic E-state index is 5.98. The van der Waals surface area contributed by atoms with Gasteiger partial charge in [0.2, 0.25) is 0 Å². The smallest absolute Gasteiger partial charge is 0.0543 e. The average Bonchev–Trinajstić information content (AvgIpc) is 2.93. The van der Waals surface area contributed by atoms with E-state index in [1.165, 1.54) is 11.3 Å². The predicted molar refractivity (Wildman–Crippen MR) is 93.3 cm³/mol. The molecule has 1 aliphatic heterocycles. The topological polar surface area (TPSA) is 28.2 Å². The minimum atomic E-state index is 0.584. The molecule has 22 heavy (non-hydrogen) atoms. The number of piperidine rings is 1. The molecule has 0 saturated carbocycles. The van der Waals surface area contributed by atoms with Crippen LogP contribution in [0.25, 0.3) is 0 Å². The van der Waals surface area contributed by atoms with Gasteiger partial charge in [-0.1, -0.05) is 24.6 Å². The zero-order valence-electron chi connectivity index (χ0n) is 12.8. The Bertz CT molecular complexity index is 587. The summed E-state index contributed by atoms with van der Waals surface area (Å²) < 4.78 is 0. The van der Waals surface area contributed by atoms with Crippen molar-refractivity contribution in [3.63, 3.8) is 0 Å². The second-order valence-corrected chi connectivity index (χ2v) is 7.47. The number of likely N-dealkylation sites (tertiary alicyclic amines) is 1. The molecule has 118 valence electrons. The highest BCUT2D eigenvalue weighted by molar-refractivity contribution is 7.10. The van der Waals surface area contributed by atoms with E-state index < -0.39 is 0 Å². The van der Waals surface area contributed by atoms with Crippen LogP contribution in [-0.2, 0) is 13.1 Å². The lowest BCUT2D eigenvalue weighted by atomic mass is 9.93. The highest BCUT2D eigenvalue weighted by Gasteiger charge is 2.25. The fourth-order valence-electron chi connectivity index (χ4n) is 3.08. The van der Waals surface area contributed by atoms with Gasteiger partial charge in [-0.15, -0.1) is 11.3 Å². The van der Waals surface area contributed by atoms with Crippen molar-refractivity contribution in [3.8, 4) is 0 Å². The first kappa shape index (κ1) is 15.9. The van der Waals surface area contributed by atoms with Gasteiger partial charge in [0.25, 0.3) is 0 Å². The third-order valence-corrected chi connectivity index (χ3v) is 5.55. The van der Waals surface area contributed by atoms with Gasteiger partial charge in [0.05, 0.1) is 10.7 Å². The summed E-state index contributed by atoms with van der Waals surface area (Å²) in [5.74, 6) is 0.646. The third kappa shape index (κ3) is 4.29. The number of hydrogen-bond acceptors (Lipinski definition) is 4. The number of thiophene rings is 1. The second kappa shape index (κ2) is 7.55. The van der Waals surface area contributed by atoms with Crippen LogP contribution in [0, 0.1) is 5.92 Å². The first-order valence-electron chi connectivity index (χ1n) is 7.79. The molecule has 1 fully saturated rings. The Balaban J connectivity index is 1.47. The summed E-state index contributed by atoms with van der Waals surface area (Å²) in [4.78, 5) is 8.25. The molecule has 1 aliphatic rings. The molecule has 0 radical (unpaired) electrons. The van der Waals surface area contributed by atoms with Gasteiger partial charge in [0.1, 0.15) is 0 Å². The number of hydrogen-bond donors (Lipinski definition) is 1. The zero-order valence-corrected chi connectivity index (χ0v) is 14.4. The van der Waals surface area contributed by atoms with Crippen LogP contribution in [0.2, 0.25) is 5.02 Å². The van der Waals surface area contributed by atoms with Gasteiger partial charge in [-0.3, -0.25) is 9.88 Å². The van der Waals surface area contributed by atoms with E-state index >= 15 is 0 Å². The lowest BCUT2D eigenvalue weighted by Gasteiger charge is -2.37. The summed E-state index contributed by atoms with van der Waals surface area (Å²) in [6.07, 6.45) is 3.06. The van der Waals surface area contributed by atoms with Crippen molar-refractivity contribution in [2.45, 2.75) is 32.5 Å². The Kier molecular flexibility index (Phi) is 5.47. The van der Waals surface area contributed by atoms with Crippen molar-refractivity contribution in [3.05, 3.63) is 51.4 Å². The van der Waals surface area contributed by atoms with E-state index in [0.29, 0.717) is 12.0 Å². The third-order valence-electron chi connectivity index (χ3n) is 4.26. The van der Waals surface area contributed by atoms with Crippen LogP contribution >= 0.6 is 22.9 Å². The molecular weight excluding hydrogens is 314 g/mol. The number of nitrogens with zero attached hydrogens (tertiary/aromatic N) is 2. The van der Waals surface area contributed by atoms with Gasteiger partial charge >= 0.3 is 0 Å². The van der Waals surface area contributed by atoms with Crippen molar-refractivity contribution >= 4 is 22.9 Å². The van der Waals surface area contributed by atoms with E-state index in [1.54, 1.807) is 11.3 Å². The first-order chi connectivity index (χ1) is 10.7. The molecule has 3 heterocycles. The fraction of sp³-hybridized carbons (Fsp3) is 0.471. The summed E-state index contributed by atoms with van der Waals surface area (Å²) >= 11 is 7.71. The van der Waals surface area contributed by atoms with E-state index in [4.69, 9.17) is 11.6 Å². The van der Waals surface area contributed by atoms with Gasteiger partial charge in [0.15, 0.2) is 0 Å². The van der Waals surface area contributed by atoms with Crippen molar-refractivity contribution in [1.29, 1.82) is 0 Å². The normalized spacial score (nSPS) is 22.8. The van der Waals surface area contributed by atoms with Crippen molar-refractivity contribution in [2.75, 3.05) is 13.1 Å². The lowest BCUT2D eigenvalue weighted by molar-refractivity contribution is 0.139. The minimum absolute atomic E-state index is 0.584. The molecular formula is C17H22ClN3S. The van der Waals surface area contributed by atoms with Gasteiger partial charge in [-0.2, -0.15) is 0 Å². The molecule has 0 aromatic carbocycles. The minimum Gasteiger partial charge on any atom is -0.309 e. The van der Waals surface area contributed by atoms with Crippen molar-refractivity contribution < 1.29 is 0 Å². The van der Waals surface area contributed by atoms with Crippen molar-refractivity contribution in [1.82, 2.24) is 15.2 Å². The molecule has 1 N–H and O–H groups in total. The van der Waals surface area contributed by atoms with Crippen LogP contribution in [0.4, 0.5) is 0 Å². The van der Waals surface area contributed by atoms with Crippen LogP contribution in [0.15, 0.2) is 35.8 Å². The van der Waals surface area contributed by atoms with E-state index in [-0.39, 0.29) is 0 Å². The van der Waals surface area contributed by atoms with E-state index in [0.717, 1.165) is 36.9 Å². The van der Waals surface area contributed by atoms with Crippen LogP contribution in [0.5, 0.6) is 0 Å². The molecule has 3 rings (SSSR count). The second-order valence-electron chi connectivity index (χ2n) is 6.04. The quantitative estimate of drug-likeness (QED) is 0.901. The van der Waals surface area contributed by atoms with Crippen LogP contribution in [0.1, 0.15) is 23.9 Å². The highest BCUT2D eigenvalue weighted by Crippen LogP contribution is 2.22. The Morgan fingerprint density at radius 1 is 1.45 bits per heavy atom. The average molecular weight is 336 g/mol. The maximum atomic E-state index is 5.98. The van der Waals surface area contributed by atoms with Gasteiger partial charge in [-0.25, -0.2) is 0 Å². The van der Waals surface area contributed by atoms with E-state index in [2.05, 4.69) is 40.3 Å². The molecule has 5 heteroatoms. The number of nitrogens with one attached hydrogen (secondary N) is 1. The monoisotopic (exact) mass is 335 g/mol. The van der Waals surface area contributed by atoms with Gasteiger partial charge in [-0.05, 0) is 30.5 Å². The van der Waals surface area contributed by atoms with Crippen LogP contribution in [0.3, 0.4) is 0 Å². The van der Waals surface area contributed by atoms with Crippen LogP contribution < -0.4 is 5.32 Å². The molecule has 0 aliphatic carbocycles. The summed E-state index contributed by atoms with van der Waals surface area (Å²) in [5, 5.41) is 6.54. The molecule has 2 aromatic heterocycles. The Morgan fingerprint density at radius 3 is 3.05 bits per heavy atom. The Morgan fingerprint density at radius 2 is 2.36 bits per heavy atom. The van der Waals surface area contributed by atoms with Crippen molar-refractivity contribution in [2.24, 2.45) is 5.92 Å². The molecule has 0 unspecified atom stereocenters. The number of aromatic nitrogens is 1. The van der Waals surface area contributed by atoms with Gasteiger partial charge < -0.3 is 5.32 Å². The maximum Gasteiger partial charge on any atom is 0.0543 e. The number of halogens is 1. The van der Waals surface area contributed by atoms with Crippen LogP contribution in [-0.4, -0.2) is 29.0 Å². The summed E-state index contributed by atoms with van der Waals surface area (Å²) in [6.45, 7) is 6.47. The molecule has 1 saturated heterocycles. The molecule has 2 aromatic rings. The largest absolute Gasteiger partial charge is 0.309 e. The molecule has 3 nitrogen and oxygen atoms in total. The molecule has 0 bridgehead atoms. The zero-order chi connectivity index (χ0) is 15.4. The van der Waals surface area contributed by atoms with Gasteiger partial charge in [0, 0.05) is 48.7 Å². The van der Waals surface area contributed by atoms with E-state index in [1.807, 2.05) is 17.6 Å². The summed E-state index contributed by atoms with van der Waals surface area (Å²) in [6, 6.07) is 8.78. The molecule has 0 amide bonds. The highest BCUT2D eigenvalue weighted by atomic mass is 35.5. The Labute approximate surface area is 141 Å². The molecule has 2 atom stereocenters. The summed E-state index contributed by atoms with van der Waals surface area (Å²) in [7, 11) is 0. The summed E-state index contributed by atoms with van der Waals surface area (Å²) in [5.41, 5.74) is 1.16. The lowest BCUT2D eigenvalue weighted by Crippen LogP contribution is -2.47. The standard InChI is InChI=1S/C17H22ClN3S/c1-13-10-21(11-15-4-2-3-6-19-15)7-5-17(13)20-9-16-8-14(18)12-22-16/h2-4,6,8,12-13,17,20H,5,7,9-11H2,1H3/t13-,17-/m0/s1. The predicted octanol–water partition coefficient (Wildman–Crippen LogP) is 3.80. The van der Waals surface area contributed by atoms with E-state index in [9.17, 15) is 0 Å². The number of rotatable bonds is 5. The first-order valence-corrected chi connectivity index (χ1v) is 9.05. The number of pyridine rings is 1. The SMILES string of the molecule is C[C@H]1CN(Cc2ccccn2)CC[C@@H]1NCc1cc(Cl)cs1. The molecule has 0 spiro atoms.